The highest BCUT2D eigenvalue weighted by atomic mass is 127. The molecule has 1 heterocycles. The van der Waals surface area contributed by atoms with E-state index in [1.165, 1.54) is 7.05 Å². The maximum atomic E-state index is 11.6. The van der Waals surface area contributed by atoms with Crippen LogP contribution < -0.4 is 3.07 Å². The summed E-state index contributed by atoms with van der Waals surface area (Å²) < 4.78 is 4.99. The first-order valence-electron chi connectivity index (χ1n) is 3.91. The van der Waals surface area contributed by atoms with Crippen LogP contribution in [0.4, 0.5) is 0 Å². The molecule has 1 aromatic carbocycles. The van der Waals surface area contributed by atoms with Gasteiger partial charge in [-0.3, -0.25) is 14.5 Å². The Bertz CT molecular complexity index is 430. The Hall–Kier alpha value is -1.11. The monoisotopic (exact) mass is 303 g/mol. The van der Waals surface area contributed by atoms with Crippen molar-refractivity contribution < 1.29 is 12.7 Å². The first-order chi connectivity index (χ1) is 6.66. The van der Waals surface area contributed by atoms with E-state index in [0.717, 1.165) is 4.90 Å². The van der Waals surface area contributed by atoms with Gasteiger partial charge in [-0.05, 0) is 12.1 Å². The molecular weight excluding hydrogens is 297 g/mol. The van der Waals surface area contributed by atoms with Crippen LogP contribution in [0.3, 0.4) is 0 Å². The van der Waals surface area contributed by atoms with Crippen molar-refractivity contribution in [1.29, 1.82) is 0 Å². The largest absolute Gasteiger partial charge is 0.427 e. The maximum absolute atomic E-state index is 11.6. The van der Waals surface area contributed by atoms with Crippen molar-refractivity contribution in [3.8, 4) is 5.75 Å². The number of halogens is 1. The Morgan fingerprint density at radius 1 is 1.29 bits per heavy atom. The van der Waals surface area contributed by atoms with Gasteiger partial charge in [-0.15, -0.1) is 0 Å². The molecule has 0 aliphatic carbocycles. The van der Waals surface area contributed by atoms with E-state index in [2.05, 4.69) is 0 Å². The number of carbonyl (C=O) groups is 2. The second-order valence-corrected chi connectivity index (χ2v) is 3.37. The number of fused-ring (bicyclic) bond motifs is 1. The lowest BCUT2D eigenvalue weighted by Crippen LogP contribution is -2.24. The summed E-state index contributed by atoms with van der Waals surface area (Å²) in [5.74, 6) is -0.150. The Balaban J connectivity index is 2.69. The van der Waals surface area contributed by atoms with Crippen molar-refractivity contribution in [3.05, 3.63) is 29.3 Å². The SMILES string of the molecule is CN1C(=O)c2cccc(OI)c2C1=O. The summed E-state index contributed by atoms with van der Waals surface area (Å²) in [5, 5.41) is 0. The fourth-order valence-electron chi connectivity index (χ4n) is 1.43. The molecule has 72 valence electrons. The second-order valence-electron chi connectivity index (χ2n) is 2.93. The minimum atomic E-state index is -0.308. The fraction of sp³-hybridized carbons (Fsp3) is 0.111. The second kappa shape index (κ2) is 3.23. The minimum absolute atomic E-state index is 0.277. The third-order valence-electron chi connectivity index (χ3n) is 2.16. The van der Waals surface area contributed by atoms with Gasteiger partial charge in [0, 0.05) is 7.05 Å². The number of amides is 2. The molecule has 14 heavy (non-hydrogen) atoms. The number of carbonyl (C=O) groups excluding carboxylic acids is 2. The van der Waals surface area contributed by atoms with Crippen LogP contribution in [0.5, 0.6) is 5.75 Å². The van der Waals surface area contributed by atoms with Crippen LogP contribution in [0.15, 0.2) is 18.2 Å². The predicted molar refractivity (Wildman–Crippen MR) is 57.5 cm³/mol. The molecular formula is C9H6INO3. The van der Waals surface area contributed by atoms with E-state index in [1.54, 1.807) is 41.2 Å². The van der Waals surface area contributed by atoms with E-state index in [0.29, 0.717) is 16.9 Å². The van der Waals surface area contributed by atoms with E-state index in [4.69, 9.17) is 3.07 Å². The Labute approximate surface area is 94.5 Å². The minimum Gasteiger partial charge on any atom is -0.427 e. The van der Waals surface area contributed by atoms with Gasteiger partial charge in [0.15, 0.2) is 23.0 Å². The number of hydrogen-bond acceptors (Lipinski definition) is 3. The van der Waals surface area contributed by atoms with E-state index in [1.807, 2.05) is 0 Å². The third kappa shape index (κ3) is 1.12. The summed E-state index contributed by atoms with van der Waals surface area (Å²) in [6.45, 7) is 0. The molecule has 0 saturated carbocycles. The van der Waals surface area contributed by atoms with Crippen molar-refractivity contribution in [1.82, 2.24) is 4.90 Å². The summed E-state index contributed by atoms with van der Waals surface area (Å²) in [6, 6.07) is 4.98. The molecule has 4 nitrogen and oxygen atoms in total. The van der Waals surface area contributed by atoms with Crippen molar-refractivity contribution >= 4 is 34.8 Å². The number of benzene rings is 1. The average Bonchev–Trinajstić information content (AvgIpc) is 2.44. The lowest BCUT2D eigenvalue weighted by molar-refractivity contribution is 0.0693. The van der Waals surface area contributed by atoms with Crippen LogP contribution in [0.2, 0.25) is 0 Å². The lowest BCUT2D eigenvalue weighted by atomic mass is 10.1. The summed E-state index contributed by atoms with van der Waals surface area (Å²) in [6.07, 6.45) is 0. The first kappa shape index (κ1) is 9.45. The molecule has 0 bridgehead atoms. The van der Waals surface area contributed by atoms with Crippen LogP contribution in [-0.4, -0.2) is 23.8 Å². The average molecular weight is 303 g/mol. The highest BCUT2D eigenvalue weighted by Gasteiger charge is 2.35. The van der Waals surface area contributed by atoms with Gasteiger partial charge in [0.05, 0.1) is 11.1 Å². The van der Waals surface area contributed by atoms with Crippen LogP contribution in [-0.2, 0) is 0 Å². The van der Waals surface area contributed by atoms with Gasteiger partial charge in [-0.25, -0.2) is 0 Å². The molecule has 0 atom stereocenters. The number of nitrogens with zero attached hydrogens (tertiary/aromatic N) is 1. The lowest BCUT2D eigenvalue weighted by Gasteiger charge is -2.03. The maximum Gasteiger partial charge on any atom is 0.265 e. The van der Waals surface area contributed by atoms with Gasteiger partial charge in [-0.1, -0.05) is 6.07 Å². The molecule has 2 amide bonds. The molecule has 2 rings (SSSR count). The van der Waals surface area contributed by atoms with Gasteiger partial charge in [0.2, 0.25) is 0 Å². The highest BCUT2D eigenvalue weighted by molar-refractivity contribution is 14.1. The number of hydrogen-bond donors (Lipinski definition) is 0. The molecule has 0 aromatic heterocycles. The van der Waals surface area contributed by atoms with Crippen LogP contribution in [0.1, 0.15) is 20.7 Å². The molecule has 0 saturated heterocycles. The molecule has 1 aliphatic heterocycles. The summed E-state index contributed by atoms with van der Waals surface area (Å²) in [4.78, 5) is 24.2. The van der Waals surface area contributed by atoms with Gasteiger partial charge in [-0.2, -0.15) is 0 Å². The molecule has 1 aromatic rings. The summed E-state index contributed by atoms with van der Waals surface area (Å²) in [7, 11) is 1.46. The summed E-state index contributed by atoms with van der Waals surface area (Å²) >= 11 is 1.69. The molecule has 0 radical (unpaired) electrons. The quantitative estimate of drug-likeness (QED) is 0.585. The van der Waals surface area contributed by atoms with E-state index < -0.39 is 0 Å². The molecule has 0 spiro atoms. The van der Waals surface area contributed by atoms with Gasteiger partial charge < -0.3 is 3.07 Å². The van der Waals surface area contributed by atoms with E-state index in [-0.39, 0.29) is 11.8 Å². The smallest absolute Gasteiger partial charge is 0.265 e. The zero-order chi connectivity index (χ0) is 10.3. The third-order valence-corrected chi connectivity index (χ3v) is 2.64. The Kier molecular flexibility index (Phi) is 2.18. The van der Waals surface area contributed by atoms with Crippen molar-refractivity contribution in [2.75, 3.05) is 7.05 Å². The topological polar surface area (TPSA) is 46.6 Å². The number of imide groups is 1. The molecule has 1 aliphatic rings. The van der Waals surface area contributed by atoms with E-state index in [9.17, 15) is 9.59 Å². The fourth-order valence-corrected chi connectivity index (χ4v) is 1.80. The number of rotatable bonds is 1. The van der Waals surface area contributed by atoms with Crippen LogP contribution in [0.25, 0.3) is 0 Å². The standard InChI is InChI=1S/C9H6INO3/c1-11-8(12)5-3-2-4-6(14-10)7(5)9(11)13/h2-4H,1H3. The van der Waals surface area contributed by atoms with Gasteiger partial charge in [0.1, 0.15) is 5.75 Å². The Morgan fingerprint density at radius 3 is 2.64 bits per heavy atom. The van der Waals surface area contributed by atoms with Crippen molar-refractivity contribution in [2.45, 2.75) is 0 Å². The zero-order valence-electron chi connectivity index (χ0n) is 7.28. The van der Waals surface area contributed by atoms with Crippen LogP contribution >= 0.6 is 23.0 Å². The molecule has 0 N–H and O–H groups in total. The summed E-state index contributed by atoms with van der Waals surface area (Å²) in [5.41, 5.74) is 0.765. The van der Waals surface area contributed by atoms with Crippen molar-refractivity contribution in [2.24, 2.45) is 0 Å². The highest BCUT2D eigenvalue weighted by Crippen LogP contribution is 2.30. The zero-order valence-corrected chi connectivity index (χ0v) is 9.44. The Morgan fingerprint density at radius 2 is 2.00 bits per heavy atom. The first-order valence-corrected chi connectivity index (χ1v) is 4.79. The van der Waals surface area contributed by atoms with E-state index >= 15 is 0 Å². The van der Waals surface area contributed by atoms with Gasteiger partial charge in [0.25, 0.3) is 11.8 Å². The van der Waals surface area contributed by atoms with Gasteiger partial charge >= 0.3 is 0 Å². The van der Waals surface area contributed by atoms with Crippen LogP contribution in [0, 0.1) is 0 Å². The van der Waals surface area contributed by atoms with Crippen molar-refractivity contribution in [3.63, 3.8) is 0 Å². The molecule has 5 heteroatoms. The molecule has 0 unspecified atom stereocenters. The predicted octanol–water partition coefficient (Wildman–Crippen LogP) is 1.64. The normalized spacial score (nSPS) is 14.6. The molecule has 0 fully saturated rings.